The number of sulfonamides is 1. The Morgan fingerprint density at radius 2 is 1.90 bits per heavy atom. The Morgan fingerprint density at radius 3 is 2.65 bits per heavy atom. The lowest BCUT2D eigenvalue weighted by atomic mass is 9.64. The van der Waals surface area contributed by atoms with E-state index >= 15 is 0 Å². The number of allylic oxidation sites excluding steroid dienone is 1. The van der Waals surface area contributed by atoms with Crippen LogP contribution in [0.3, 0.4) is 0 Å². The number of amides is 1. The number of benzene rings is 2. The Hall–Kier alpha value is -1.85. The summed E-state index contributed by atoms with van der Waals surface area (Å²) in [5.41, 5.74) is 3.02. The van der Waals surface area contributed by atoms with E-state index in [4.69, 9.17) is 21.1 Å². The van der Waals surface area contributed by atoms with Gasteiger partial charge in [-0.1, -0.05) is 36.7 Å². The summed E-state index contributed by atoms with van der Waals surface area (Å²) in [5.74, 6) is 2.83. The van der Waals surface area contributed by atoms with E-state index in [1.807, 2.05) is 55.8 Å². The quantitative estimate of drug-likeness (QED) is 0.319. The molecular formula is C37H47ClN2O5S3. The van der Waals surface area contributed by atoms with Crippen LogP contribution in [0, 0.1) is 17.8 Å². The molecule has 1 spiro atoms. The summed E-state index contributed by atoms with van der Waals surface area (Å²) < 4.78 is 43.0. The van der Waals surface area contributed by atoms with Gasteiger partial charge in [0.25, 0.3) is 5.91 Å². The molecule has 1 saturated heterocycles. The highest BCUT2D eigenvalue weighted by Crippen LogP contribution is 2.54. The van der Waals surface area contributed by atoms with Gasteiger partial charge in [-0.25, -0.2) is 13.1 Å². The second-order valence-electron chi connectivity index (χ2n) is 14.5. The van der Waals surface area contributed by atoms with Crippen molar-refractivity contribution in [2.75, 3.05) is 43.2 Å². The first-order valence-corrected chi connectivity index (χ1v) is 21.4. The number of fused-ring (bicyclic) bond motifs is 4. The monoisotopic (exact) mass is 730 g/mol. The highest BCUT2D eigenvalue weighted by molar-refractivity contribution is 8.17. The number of rotatable bonds is 2. The molecular weight excluding hydrogens is 684 g/mol. The number of carbonyl (C=O) groups excluding carboxylic acids is 1. The van der Waals surface area contributed by atoms with Gasteiger partial charge >= 0.3 is 0 Å². The molecule has 6 atom stereocenters. The summed E-state index contributed by atoms with van der Waals surface area (Å²) in [6, 6.07) is 11.7. The summed E-state index contributed by atoms with van der Waals surface area (Å²) in [6.45, 7) is 5.69. The molecule has 2 fully saturated rings. The van der Waals surface area contributed by atoms with Crippen LogP contribution >= 0.6 is 35.1 Å². The zero-order chi connectivity index (χ0) is 33.7. The molecule has 0 aromatic heterocycles. The fourth-order valence-corrected chi connectivity index (χ4v) is 13.5. The number of thioether (sulfide) groups is 2. The molecule has 7 rings (SSSR count). The van der Waals surface area contributed by atoms with E-state index in [9.17, 15) is 13.2 Å². The maximum absolute atomic E-state index is 13.6. The molecule has 0 unspecified atom stereocenters. The number of anilines is 1. The van der Waals surface area contributed by atoms with Gasteiger partial charge in [-0.15, -0.1) is 23.5 Å². The standard InChI is InChI=1S/C37H47ClN2O5S3/c1-24-7-4-16-37(44-3,35-46-17-6-18-47-35)31-12-9-28(31)21-40-22-36(15-5-8-26-19-29(38)11-13-30(26)36)23-45-33-14-10-27(20-32(33)40)34(41)39-48(42,43)25(24)2/h4,10-11,13-14,16,19-20,24-25,28,31,35H,5-9,12,15,17-18,21-23H2,1-3H3,(H,39,41)/b16-4+/t24-,25+,28-,31+,36-,37+/m0/s1. The van der Waals surface area contributed by atoms with Gasteiger partial charge < -0.3 is 14.4 Å². The van der Waals surface area contributed by atoms with E-state index in [1.165, 1.54) is 17.5 Å². The fourth-order valence-electron chi connectivity index (χ4n) is 8.61. The predicted octanol–water partition coefficient (Wildman–Crippen LogP) is 7.46. The fraction of sp³-hybridized carbons (Fsp3) is 0.595. The van der Waals surface area contributed by atoms with Crippen molar-refractivity contribution in [3.8, 4) is 5.75 Å². The van der Waals surface area contributed by atoms with Crippen molar-refractivity contribution >= 4 is 56.7 Å². The molecule has 2 aromatic rings. The Labute approximate surface area is 299 Å². The first-order valence-electron chi connectivity index (χ1n) is 17.4. The van der Waals surface area contributed by atoms with Gasteiger partial charge in [0.05, 0.1) is 22.1 Å². The summed E-state index contributed by atoms with van der Waals surface area (Å²) >= 11 is 10.5. The highest BCUT2D eigenvalue weighted by Gasteiger charge is 2.53. The molecule has 7 nitrogen and oxygen atoms in total. The summed E-state index contributed by atoms with van der Waals surface area (Å²) in [6.07, 6.45) is 11.4. The Kier molecular flexibility index (Phi) is 9.87. The van der Waals surface area contributed by atoms with Crippen LogP contribution in [0.15, 0.2) is 48.6 Å². The zero-order valence-corrected chi connectivity index (χ0v) is 31.3. The number of halogens is 1. The molecule has 260 valence electrons. The second-order valence-corrected chi connectivity index (χ2v) is 19.7. The van der Waals surface area contributed by atoms with Crippen LogP contribution in [0.2, 0.25) is 5.02 Å². The van der Waals surface area contributed by atoms with Crippen molar-refractivity contribution in [2.45, 2.75) is 79.6 Å². The van der Waals surface area contributed by atoms with Crippen LogP contribution in [0.5, 0.6) is 5.75 Å². The molecule has 48 heavy (non-hydrogen) atoms. The molecule has 2 bridgehead atoms. The van der Waals surface area contributed by atoms with Gasteiger partial charge in [-0.05, 0) is 123 Å². The van der Waals surface area contributed by atoms with Gasteiger partial charge in [-0.2, -0.15) is 0 Å². The minimum Gasteiger partial charge on any atom is -0.490 e. The average molecular weight is 731 g/mol. The van der Waals surface area contributed by atoms with Gasteiger partial charge in [0.2, 0.25) is 10.0 Å². The van der Waals surface area contributed by atoms with Gasteiger partial charge in [0.1, 0.15) is 11.4 Å². The maximum atomic E-state index is 13.6. The Balaban J connectivity index is 1.34. The number of ether oxygens (including phenoxy) is 2. The maximum Gasteiger partial charge on any atom is 0.264 e. The lowest BCUT2D eigenvalue weighted by molar-refractivity contribution is -0.0639. The third kappa shape index (κ3) is 6.31. The number of carbonyl (C=O) groups is 1. The van der Waals surface area contributed by atoms with E-state index < -0.39 is 26.8 Å². The second kappa shape index (κ2) is 13.7. The smallest absolute Gasteiger partial charge is 0.264 e. The largest absolute Gasteiger partial charge is 0.490 e. The molecule has 0 radical (unpaired) electrons. The number of methoxy groups -OCH3 is 1. The molecule has 2 aliphatic carbocycles. The number of aryl methyl sites for hydroxylation is 1. The topological polar surface area (TPSA) is 84.9 Å². The summed E-state index contributed by atoms with van der Waals surface area (Å²) in [7, 11) is -2.07. The van der Waals surface area contributed by atoms with Crippen molar-refractivity contribution in [1.82, 2.24) is 4.72 Å². The zero-order valence-electron chi connectivity index (χ0n) is 28.1. The Bertz CT molecular complexity index is 1680. The number of nitrogens with zero attached hydrogens (tertiary/aromatic N) is 1. The lowest BCUT2D eigenvalue weighted by Gasteiger charge is -2.53. The summed E-state index contributed by atoms with van der Waals surface area (Å²) in [5, 5.41) is -0.00564. The van der Waals surface area contributed by atoms with E-state index in [0.29, 0.717) is 30.4 Å². The minimum atomic E-state index is -3.93. The molecule has 3 aliphatic heterocycles. The number of hydrogen-bond donors (Lipinski definition) is 1. The van der Waals surface area contributed by atoms with Crippen molar-refractivity contribution < 1.29 is 22.7 Å². The van der Waals surface area contributed by atoms with Crippen LogP contribution in [-0.4, -0.2) is 68.1 Å². The van der Waals surface area contributed by atoms with Crippen molar-refractivity contribution in [1.29, 1.82) is 0 Å². The highest BCUT2D eigenvalue weighted by atomic mass is 35.5. The molecule has 3 heterocycles. The van der Waals surface area contributed by atoms with Crippen molar-refractivity contribution in [3.05, 3.63) is 70.3 Å². The third-order valence-electron chi connectivity index (χ3n) is 11.7. The summed E-state index contributed by atoms with van der Waals surface area (Å²) in [4.78, 5) is 16.0. The lowest BCUT2D eigenvalue weighted by Crippen LogP contribution is -2.56. The molecule has 1 saturated carbocycles. The first kappa shape index (κ1) is 34.6. The van der Waals surface area contributed by atoms with Crippen molar-refractivity contribution in [3.63, 3.8) is 0 Å². The van der Waals surface area contributed by atoms with Crippen LogP contribution in [0.25, 0.3) is 0 Å². The number of hydrogen-bond acceptors (Lipinski definition) is 8. The van der Waals surface area contributed by atoms with E-state index in [2.05, 4.69) is 33.9 Å². The molecule has 1 N–H and O–H groups in total. The average Bonchev–Trinajstić information content (AvgIpc) is 3.22. The Morgan fingerprint density at radius 1 is 1.08 bits per heavy atom. The van der Waals surface area contributed by atoms with E-state index in [0.717, 1.165) is 73.2 Å². The van der Waals surface area contributed by atoms with E-state index in [1.54, 1.807) is 13.0 Å². The molecule has 2 aromatic carbocycles. The van der Waals surface area contributed by atoms with E-state index in [-0.39, 0.29) is 15.9 Å². The minimum absolute atomic E-state index is 0.196. The predicted molar refractivity (Wildman–Crippen MR) is 198 cm³/mol. The molecule has 5 aliphatic rings. The van der Waals surface area contributed by atoms with Crippen LogP contribution in [0.1, 0.15) is 73.9 Å². The van der Waals surface area contributed by atoms with Gasteiger partial charge in [-0.3, -0.25) is 4.79 Å². The van der Waals surface area contributed by atoms with Crippen LogP contribution in [-0.2, 0) is 26.6 Å². The SMILES string of the molecule is CO[C@]1(C2SCCCS2)/C=C/C[C@H](C)[C@@H](C)S(=O)(=O)NC(=O)c2ccc3c(c2)N(C[C@@H]2CC[C@H]21)C[C@@]1(CCCc2cc(Cl)ccc21)CO3. The van der Waals surface area contributed by atoms with Crippen LogP contribution < -0.4 is 14.4 Å². The molecule has 1 amide bonds. The number of nitrogens with one attached hydrogen (secondary N) is 1. The molecule has 11 heteroatoms. The van der Waals surface area contributed by atoms with Crippen molar-refractivity contribution in [2.24, 2.45) is 17.8 Å². The first-order chi connectivity index (χ1) is 23.0. The van der Waals surface area contributed by atoms with Gasteiger partial charge in [0.15, 0.2) is 0 Å². The van der Waals surface area contributed by atoms with Crippen LogP contribution in [0.4, 0.5) is 5.69 Å². The normalized spacial score (nSPS) is 34.5. The van der Waals surface area contributed by atoms with Gasteiger partial charge in [0, 0.05) is 36.2 Å². The third-order valence-corrected chi connectivity index (χ3v) is 17.1.